The second-order valence-electron chi connectivity index (χ2n) is 7.23. The molecule has 1 amide bonds. The number of benzene rings is 2. The molecule has 8 nitrogen and oxygen atoms in total. The first kappa shape index (κ1) is 23.1. The number of hydrogen-bond donors (Lipinski definition) is 0. The van der Waals surface area contributed by atoms with Crippen molar-refractivity contribution in [2.24, 2.45) is 0 Å². The summed E-state index contributed by atoms with van der Waals surface area (Å²) in [6, 6.07) is 13.7. The predicted molar refractivity (Wildman–Crippen MR) is 118 cm³/mol. The van der Waals surface area contributed by atoms with Crippen LogP contribution in [-0.2, 0) is 19.6 Å². The number of anilines is 1. The van der Waals surface area contributed by atoms with Crippen molar-refractivity contribution in [3.05, 3.63) is 59.1 Å². The van der Waals surface area contributed by atoms with E-state index in [0.717, 1.165) is 5.69 Å². The van der Waals surface area contributed by atoms with Crippen LogP contribution in [0.1, 0.15) is 10.4 Å². The lowest BCUT2D eigenvalue weighted by Gasteiger charge is -2.35. The maximum absolute atomic E-state index is 13.1. The highest BCUT2D eigenvalue weighted by molar-refractivity contribution is 7.89. The molecule has 2 aromatic rings. The number of carbonyl (C=O) groups excluding carboxylic acids is 2. The minimum atomic E-state index is -3.82. The first-order valence-corrected chi connectivity index (χ1v) is 11.5. The molecule has 0 unspecified atom stereocenters. The lowest BCUT2D eigenvalue weighted by molar-refractivity contribution is -0.131. The SMILES string of the molecule is CN(C)C(=O)COC(=O)c1cc(S(=O)(=O)N2CCN(c3ccccc3)CC2)ccc1Cl. The fourth-order valence-electron chi connectivity index (χ4n) is 3.13. The van der Waals surface area contributed by atoms with Gasteiger partial charge in [-0.2, -0.15) is 4.31 Å². The van der Waals surface area contributed by atoms with Crippen LogP contribution in [0.4, 0.5) is 5.69 Å². The van der Waals surface area contributed by atoms with Gasteiger partial charge >= 0.3 is 5.97 Å². The molecule has 1 aliphatic rings. The average molecular weight is 466 g/mol. The lowest BCUT2D eigenvalue weighted by Crippen LogP contribution is -2.48. The van der Waals surface area contributed by atoms with Gasteiger partial charge in [-0.25, -0.2) is 13.2 Å². The quantitative estimate of drug-likeness (QED) is 0.607. The topological polar surface area (TPSA) is 87.2 Å². The van der Waals surface area contributed by atoms with Gasteiger partial charge in [0.2, 0.25) is 10.0 Å². The van der Waals surface area contributed by atoms with Crippen molar-refractivity contribution in [3.63, 3.8) is 0 Å². The zero-order chi connectivity index (χ0) is 22.6. The molecule has 0 aliphatic carbocycles. The van der Waals surface area contributed by atoms with Gasteiger partial charge in [-0.1, -0.05) is 29.8 Å². The number of esters is 1. The summed E-state index contributed by atoms with van der Waals surface area (Å²) in [5.74, 6) is -1.25. The molecular formula is C21H24ClN3O5S. The summed E-state index contributed by atoms with van der Waals surface area (Å²) >= 11 is 6.08. The molecular weight excluding hydrogens is 442 g/mol. The summed E-state index contributed by atoms with van der Waals surface area (Å²) in [5.41, 5.74) is 0.945. The summed E-state index contributed by atoms with van der Waals surface area (Å²) in [7, 11) is -0.749. The molecule has 0 atom stereocenters. The Bertz CT molecular complexity index is 1050. The van der Waals surface area contributed by atoms with Crippen LogP contribution in [0.25, 0.3) is 0 Å². The molecule has 166 valence electrons. The third-order valence-electron chi connectivity index (χ3n) is 4.98. The highest BCUT2D eigenvalue weighted by Gasteiger charge is 2.30. The molecule has 2 aromatic carbocycles. The average Bonchev–Trinajstić information content (AvgIpc) is 2.78. The van der Waals surface area contributed by atoms with Gasteiger partial charge in [-0.3, -0.25) is 4.79 Å². The van der Waals surface area contributed by atoms with E-state index in [1.807, 2.05) is 30.3 Å². The fourth-order valence-corrected chi connectivity index (χ4v) is 4.77. The normalized spacial score (nSPS) is 14.9. The number of ether oxygens (including phenoxy) is 1. The number of likely N-dealkylation sites (N-methyl/N-ethyl adjacent to an activating group) is 1. The maximum Gasteiger partial charge on any atom is 0.340 e. The Morgan fingerprint density at radius 2 is 1.68 bits per heavy atom. The van der Waals surface area contributed by atoms with Crippen LogP contribution < -0.4 is 4.90 Å². The van der Waals surface area contributed by atoms with Crippen molar-refractivity contribution in [2.45, 2.75) is 4.90 Å². The number of carbonyl (C=O) groups is 2. The Balaban J connectivity index is 1.72. The van der Waals surface area contributed by atoms with Gasteiger partial charge in [0.15, 0.2) is 6.61 Å². The molecule has 10 heteroatoms. The van der Waals surface area contributed by atoms with Gasteiger partial charge < -0.3 is 14.5 Å². The highest BCUT2D eigenvalue weighted by atomic mass is 35.5. The third-order valence-corrected chi connectivity index (χ3v) is 7.21. The second-order valence-corrected chi connectivity index (χ2v) is 9.58. The summed E-state index contributed by atoms with van der Waals surface area (Å²) in [6.07, 6.45) is 0. The van der Waals surface area contributed by atoms with E-state index in [9.17, 15) is 18.0 Å². The van der Waals surface area contributed by atoms with Crippen LogP contribution in [0.3, 0.4) is 0 Å². The van der Waals surface area contributed by atoms with E-state index >= 15 is 0 Å². The number of hydrogen-bond acceptors (Lipinski definition) is 6. The van der Waals surface area contributed by atoms with Gasteiger partial charge in [0.05, 0.1) is 15.5 Å². The number of para-hydroxylation sites is 1. The smallest absolute Gasteiger partial charge is 0.340 e. The van der Waals surface area contributed by atoms with Crippen LogP contribution in [0.15, 0.2) is 53.4 Å². The molecule has 1 fully saturated rings. The largest absolute Gasteiger partial charge is 0.452 e. The third kappa shape index (κ3) is 5.36. The van der Waals surface area contributed by atoms with E-state index in [1.54, 1.807) is 0 Å². The minimum absolute atomic E-state index is 0.0454. The van der Waals surface area contributed by atoms with E-state index in [4.69, 9.17) is 16.3 Å². The Labute approximate surface area is 187 Å². The molecule has 0 saturated carbocycles. The lowest BCUT2D eigenvalue weighted by atomic mass is 10.2. The zero-order valence-electron chi connectivity index (χ0n) is 17.3. The Morgan fingerprint density at radius 3 is 2.29 bits per heavy atom. The van der Waals surface area contributed by atoms with Gasteiger partial charge in [0, 0.05) is 46.0 Å². The molecule has 31 heavy (non-hydrogen) atoms. The minimum Gasteiger partial charge on any atom is -0.452 e. The summed E-state index contributed by atoms with van der Waals surface area (Å²) in [6.45, 7) is 1.28. The van der Waals surface area contributed by atoms with Gasteiger partial charge in [-0.05, 0) is 30.3 Å². The maximum atomic E-state index is 13.1. The zero-order valence-corrected chi connectivity index (χ0v) is 18.9. The van der Waals surface area contributed by atoms with Gasteiger partial charge in [-0.15, -0.1) is 0 Å². The van der Waals surface area contributed by atoms with E-state index in [0.29, 0.717) is 26.2 Å². The Morgan fingerprint density at radius 1 is 1.03 bits per heavy atom. The monoisotopic (exact) mass is 465 g/mol. The van der Waals surface area contributed by atoms with Crippen LogP contribution in [-0.4, -0.2) is 76.4 Å². The Hall–Kier alpha value is -2.62. The fraction of sp³-hybridized carbons (Fsp3) is 0.333. The van der Waals surface area contributed by atoms with Crippen LogP contribution >= 0.6 is 11.6 Å². The van der Waals surface area contributed by atoms with Crippen molar-refractivity contribution in [1.82, 2.24) is 9.21 Å². The van der Waals surface area contributed by atoms with Crippen LogP contribution in [0.2, 0.25) is 5.02 Å². The summed E-state index contributed by atoms with van der Waals surface area (Å²) in [4.78, 5) is 27.4. The number of rotatable bonds is 6. The number of nitrogens with zero attached hydrogens (tertiary/aromatic N) is 3. The number of sulfonamides is 1. The van der Waals surface area contributed by atoms with E-state index in [-0.39, 0.29) is 15.5 Å². The molecule has 1 saturated heterocycles. The molecule has 0 radical (unpaired) electrons. The molecule has 0 bridgehead atoms. The number of piperazine rings is 1. The van der Waals surface area contributed by atoms with Gasteiger partial charge in [0.1, 0.15) is 0 Å². The van der Waals surface area contributed by atoms with Crippen LogP contribution in [0, 0.1) is 0 Å². The molecule has 3 rings (SSSR count). The van der Waals surface area contributed by atoms with E-state index < -0.39 is 28.5 Å². The van der Waals surface area contributed by atoms with Gasteiger partial charge in [0.25, 0.3) is 5.91 Å². The molecule has 0 aromatic heterocycles. The van der Waals surface area contributed by atoms with Crippen molar-refractivity contribution < 1.29 is 22.7 Å². The first-order chi connectivity index (χ1) is 14.7. The number of amides is 1. The van der Waals surface area contributed by atoms with E-state index in [1.165, 1.54) is 41.5 Å². The summed E-state index contributed by atoms with van der Waals surface area (Å²) < 4.78 is 32.6. The highest BCUT2D eigenvalue weighted by Crippen LogP contribution is 2.25. The van der Waals surface area contributed by atoms with Crippen molar-refractivity contribution in [1.29, 1.82) is 0 Å². The second kappa shape index (κ2) is 9.67. The summed E-state index contributed by atoms with van der Waals surface area (Å²) in [5, 5.41) is 0.0511. The molecule has 1 heterocycles. The van der Waals surface area contributed by atoms with Crippen molar-refractivity contribution >= 4 is 39.2 Å². The Kier molecular flexibility index (Phi) is 7.19. The van der Waals surface area contributed by atoms with Crippen molar-refractivity contribution in [2.75, 3.05) is 51.8 Å². The molecule has 0 spiro atoms. The first-order valence-electron chi connectivity index (χ1n) is 9.67. The number of halogens is 1. The predicted octanol–water partition coefficient (Wildman–Crippen LogP) is 2.10. The standard InChI is InChI=1S/C21H24ClN3O5S/c1-23(2)20(26)15-30-21(27)18-14-17(8-9-19(18)22)31(28,29)25-12-10-24(11-13-25)16-6-4-3-5-7-16/h3-9,14H,10-13,15H2,1-2H3. The van der Waals surface area contributed by atoms with E-state index in [2.05, 4.69) is 4.90 Å². The molecule has 1 aliphatic heterocycles. The molecule has 0 N–H and O–H groups in total. The van der Waals surface area contributed by atoms with Crippen molar-refractivity contribution in [3.8, 4) is 0 Å². The van der Waals surface area contributed by atoms with Crippen LogP contribution in [0.5, 0.6) is 0 Å².